The molecule has 1 saturated heterocycles. The number of carbonyl (C=O) groups is 2. The molecule has 2 atom stereocenters. The zero-order valence-electron chi connectivity index (χ0n) is 23.6. The van der Waals surface area contributed by atoms with E-state index in [0.717, 1.165) is 80.8 Å². The summed E-state index contributed by atoms with van der Waals surface area (Å²) in [7, 11) is 0. The van der Waals surface area contributed by atoms with Crippen molar-refractivity contribution in [2.45, 2.75) is 77.4 Å². The molecule has 0 bridgehead atoms. The van der Waals surface area contributed by atoms with E-state index in [0.29, 0.717) is 19.1 Å². The van der Waals surface area contributed by atoms with Crippen LogP contribution in [0.25, 0.3) is 0 Å². The van der Waals surface area contributed by atoms with Gasteiger partial charge in [0.2, 0.25) is 0 Å². The van der Waals surface area contributed by atoms with Crippen molar-refractivity contribution in [3.05, 3.63) is 59.3 Å². The fourth-order valence-corrected chi connectivity index (χ4v) is 5.44. The summed E-state index contributed by atoms with van der Waals surface area (Å²) >= 11 is 0. The molecule has 0 unspecified atom stereocenters. The summed E-state index contributed by atoms with van der Waals surface area (Å²) in [5.41, 5.74) is 2.48. The molecule has 3 heterocycles. The lowest BCUT2D eigenvalue weighted by atomic mass is 9.98. The number of amides is 1. The Labute approximate surface area is 232 Å². The highest BCUT2D eigenvalue weighted by Crippen LogP contribution is 2.28. The number of hydrogen-bond donors (Lipinski definition) is 1. The molecule has 212 valence electrons. The molecule has 4 rings (SSSR count). The van der Waals surface area contributed by atoms with Crippen LogP contribution >= 0.6 is 0 Å². The van der Waals surface area contributed by atoms with Gasteiger partial charge in [0, 0.05) is 18.8 Å². The molecule has 39 heavy (non-hydrogen) atoms. The first-order valence-corrected chi connectivity index (χ1v) is 14.3. The molecule has 2 aliphatic heterocycles. The van der Waals surface area contributed by atoms with Crippen molar-refractivity contribution >= 4 is 17.9 Å². The highest BCUT2D eigenvalue weighted by Gasteiger charge is 2.29. The molecule has 1 N–H and O–H groups in total. The Balaban J connectivity index is 1.27. The first-order valence-electron chi connectivity index (χ1n) is 14.3. The number of piperidine rings is 1. The van der Waals surface area contributed by atoms with Gasteiger partial charge in [0.25, 0.3) is 0 Å². The van der Waals surface area contributed by atoms with Gasteiger partial charge in [-0.3, -0.25) is 9.69 Å². The van der Waals surface area contributed by atoms with E-state index < -0.39 is 17.7 Å². The summed E-state index contributed by atoms with van der Waals surface area (Å²) in [5.74, 6) is 0.291. The summed E-state index contributed by atoms with van der Waals surface area (Å²) < 4.78 is 11.8. The van der Waals surface area contributed by atoms with Crippen molar-refractivity contribution in [3.8, 4) is 0 Å². The zero-order chi connectivity index (χ0) is 27.8. The van der Waals surface area contributed by atoms with Crippen LogP contribution in [-0.2, 0) is 27.1 Å². The lowest BCUT2D eigenvalue weighted by molar-refractivity contribution is -0.140. The number of aryl methyl sites for hydroxylation is 2. The number of hydrogen-bond acceptors (Lipinski definition) is 6. The first kappa shape index (κ1) is 29.0. The highest BCUT2D eigenvalue weighted by molar-refractivity contribution is 5.88. The number of benzene rings is 1. The molecule has 0 aliphatic carbocycles. The van der Waals surface area contributed by atoms with Gasteiger partial charge in [0.1, 0.15) is 11.4 Å². The maximum Gasteiger partial charge on any atom is 0.416 e. The predicted molar refractivity (Wildman–Crippen MR) is 151 cm³/mol. The van der Waals surface area contributed by atoms with Gasteiger partial charge in [-0.15, -0.1) is 0 Å². The topological polar surface area (TPSA) is 92.2 Å². The van der Waals surface area contributed by atoms with Crippen LogP contribution in [0.15, 0.2) is 42.5 Å². The fourth-order valence-electron chi connectivity index (χ4n) is 5.44. The average molecular weight is 538 g/mol. The minimum atomic E-state index is -0.848. The van der Waals surface area contributed by atoms with Gasteiger partial charge in [-0.25, -0.2) is 9.78 Å². The molecule has 2 aromatic rings. The Morgan fingerprint density at radius 1 is 1.10 bits per heavy atom. The van der Waals surface area contributed by atoms with Crippen molar-refractivity contribution in [3.63, 3.8) is 0 Å². The molecule has 1 amide bonds. The number of likely N-dealkylation sites (tertiary alicyclic amines) is 1. The van der Waals surface area contributed by atoms with Crippen molar-refractivity contribution in [1.82, 2.24) is 9.88 Å². The van der Waals surface area contributed by atoms with E-state index in [2.05, 4.69) is 17.0 Å². The van der Waals surface area contributed by atoms with Crippen molar-refractivity contribution < 1.29 is 24.2 Å². The number of ether oxygens (including phenoxy) is 2. The van der Waals surface area contributed by atoms with E-state index in [-0.39, 0.29) is 12.5 Å². The van der Waals surface area contributed by atoms with Gasteiger partial charge in [-0.1, -0.05) is 36.4 Å². The zero-order valence-corrected chi connectivity index (χ0v) is 23.6. The lowest BCUT2D eigenvalue weighted by Crippen LogP contribution is -2.40. The SMILES string of the molecule is CC(C)(C)OC(=O)N1CCCc2ccc(CCCN3CCC[C@@H](CO[C@@H](CC(=O)O)c4ccccc4)C3)nc21. The average Bonchev–Trinajstić information content (AvgIpc) is 2.90. The van der Waals surface area contributed by atoms with Gasteiger partial charge in [0.05, 0.1) is 19.1 Å². The third-order valence-corrected chi connectivity index (χ3v) is 7.29. The van der Waals surface area contributed by atoms with Crippen LogP contribution in [-0.4, -0.2) is 65.4 Å². The molecule has 1 aromatic heterocycles. The van der Waals surface area contributed by atoms with E-state index in [1.807, 2.05) is 51.1 Å². The predicted octanol–water partition coefficient (Wildman–Crippen LogP) is 5.65. The summed E-state index contributed by atoms with van der Waals surface area (Å²) in [6.45, 7) is 9.85. The minimum absolute atomic E-state index is 0.0282. The molecular formula is C31H43N3O5. The molecule has 0 saturated carbocycles. The van der Waals surface area contributed by atoms with Gasteiger partial charge in [-0.05, 0) is 95.5 Å². The second-order valence-electron chi connectivity index (χ2n) is 11.8. The number of pyridine rings is 1. The number of anilines is 1. The highest BCUT2D eigenvalue weighted by atomic mass is 16.6. The number of carboxylic acid groups (broad SMARTS) is 1. The van der Waals surface area contributed by atoms with E-state index in [1.54, 1.807) is 4.90 Å². The molecular weight excluding hydrogens is 494 g/mol. The van der Waals surface area contributed by atoms with Crippen LogP contribution in [0, 0.1) is 5.92 Å². The van der Waals surface area contributed by atoms with Crippen molar-refractivity contribution in [1.29, 1.82) is 0 Å². The third kappa shape index (κ3) is 8.77. The number of fused-ring (bicyclic) bond motifs is 1. The second-order valence-corrected chi connectivity index (χ2v) is 11.8. The molecule has 1 aromatic carbocycles. The van der Waals surface area contributed by atoms with Crippen LogP contribution in [0.4, 0.5) is 10.6 Å². The number of nitrogens with zero attached hydrogens (tertiary/aromatic N) is 3. The number of carbonyl (C=O) groups excluding carboxylic acids is 1. The van der Waals surface area contributed by atoms with Crippen LogP contribution in [0.2, 0.25) is 0 Å². The number of aromatic nitrogens is 1. The van der Waals surface area contributed by atoms with Crippen LogP contribution in [0.3, 0.4) is 0 Å². The largest absolute Gasteiger partial charge is 0.481 e. The summed E-state index contributed by atoms with van der Waals surface area (Å²) in [6.07, 6.45) is 5.11. The Kier molecular flexibility index (Phi) is 9.97. The monoisotopic (exact) mass is 537 g/mol. The van der Waals surface area contributed by atoms with Crippen LogP contribution < -0.4 is 4.90 Å². The molecule has 0 spiro atoms. The normalized spacial score (nSPS) is 18.8. The van der Waals surface area contributed by atoms with Crippen molar-refractivity contribution in [2.24, 2.45) is 5.92 Å². The quantitative estimate of drug-likeness (QED) is 0.419. The van der Waals surface area contributed by atoms with Crippen LogP contribution in [0.1, 0.15) is 75.8 Å². The third-order valence-electron chi connectivity index (χ3n) is 7.29. The van der Waals surface area contributed by atoms with E-state index in [4.69, 9.17) is 14.5 Å². The Hall–Kier alpha value is -2.97. The Bertz CT molecular complexity index is 1100. The summed E-state index contributed by atoms with van der Waals surface area (Å²) in [6, 6.07) is 13.8. The summed E-state index contributed by atoms with van der Waals surface area (Å²) in [5, 5.41) is 9.35. The fraction of sp³-hybridized carbons (Fsp3) is 0.581. The Morgan fingerprint density at radius 3 is 2.64 bits per heavy atom. The van der Waals surface area contributed by atoms with Gasteiger partial charge >= 0.3 is 12.1 Å². The van der Waals surface area contributed by atoms with E-state index in [1.165, 1.54) is 0 Å². The first-order chi connectivity index (χ1) is 18.7. The molecule has 1 fully saturated rings. The maximum atomic E-state index is 12.8. The smallest absolute Gasteiger partial charge is 0.416 e. The number of carboxylic acids is 1. The standard InChI is InChI=1S/C31H43N3O5/c1-31(2,3)39-30(37)34-19-8-13-25-15-16-26(32-29(25)34)14-9-18-33-17-7-10-23(21-33)22-38-27(20-28(35)36)24-11-5-4-6-12-24/h4-6,11-12,15-16,23,27H,7-10,13-14,17-22H2,1-3H3,(H,35,36)/t23-,27+/m1/s1. The molecule has 8 nitrogen and oxygen atoms in total. The second kappa shape index (κ2) is 13.4. The molecule has 2 aliphatic rings. The number of rotatable bonds is 10. The maximum absolute atomic E-state index is 12.8. The summed E-state index contributed by atoms with van der Waals surface area (Å²) in [4.78, 5) is 33.2. The van der Waals surface area contributed by atoms with E-state index >= 15 is 0 Å². The van der Waals surface area contributed by atoms with E-state index in [9.17, 15) is 14.7 Å². The lowest BCUT2D eigenvalue weighted by Gasteiger charge is -2.33. The van der Waals surface area contributed by atoms with Gasteiger partial charge < -0.3 is 19.5 Å². The molecule has 8 heteroatoms. The van der Waals surface area contributed by atoms with Crippen LogP contribution in [0.5, 0.6) is 0 Å². The molecule has 0 radical (unpaired) electrons. The van der Waals surface area contributed by atoms with Gasteiger partial charge in [-0.2, -0.15) is 0 Å². The number of aliphatic carboxylic acids is 1. The minimum Gasteiger partial charge on any atom is -0.481 e. The Morgan fingerprint density at radius 2 is 1.90 bits per heavy atom. The van der Waals surface area contributed by atoms with Gasteiger partial charge in [0.15, 0.2) is 0 Å². The van der Waals surface area contributed by atoms with Crippen molar-refractivity contribution in [2.75, 3.05) is 37.7 Å².